The second-order valence-corrected chi connectivity index (χ2v) is 12.4. The van der Waals surface area contributed by atoms with Crippen molar-refractivity contribution in [2.45, 2.75) is 52.6 Å². The first kappa shape index (κ1) is 26.4. The molecule has 2 aromatic heterocycles. The number of anilines is 1. The Morgan fingerprint density at radius 3 is 2.67 bits per heavy atom. The summed E-state index contributed by atoms with van der Waals surface area (Å²) in [5.41, 5.74) is 6.48. The molecule has 2 fully saturated rings. The summed E-state index contributed by atoms with van der Waals surface area (Å²) in [5.74, 6) is 0.0340. The van der Waals surface area contributed by atoms with E-state index >= 15 is 0 Å². The number of aromatic nitrogens is 3. The van der Waals surface area contributed by atoms with E-state index in [0.29, 0.717) is 43.6 Å². The largest absolute Gasteiger partial charge is 0.409 e. The predicted molar refractivity (Wildman–Crippen MR) is 146 cm³/mol. The van der Waals surface area contributed by atoms with Crippen molar-refractivity contribution < 1.29 is 18.0 Å². The van der Waals surface area contributed by atoms with Gasteiger partial charge in [-0.05, 0) is 60.8 Å². The molecular formula is C30H31F3N6O. The number of fused-ring (bicyclic) bond motifs is 2. The van der Waals surface area contributed by atoms with Gasteiger partial charge in [-0.1, -0.05) is 19.9 Å². The van der Waals surface area contributed by atoms with E-state index in [1.165, 1.54) is 4.90 Å². The Hall–Kier alpha value is -3.87. The Kier molecular flexibility index (Phi) is 5.98. The quantitative estimate of drug-likeness (QED) is 0.438. The lowest BCUT2D eigenvalue weighted by Gasteiger charge is -2.47. The van der Waals surface area contributed by atoms with Crippen LogP contribution in [0.1, 0.15) is 49.1 Å². The molecule has 0 saturated carbocycles. The molecule has 208 valence electrons. The van der Waals surface area contributed by atoms with Crippen molar-refractivity contribution >= 4 is 22.6 Å². The molecule has 2 saturated heterocycles. The van der Waals surface area contributed by atoms with Crippen molar-refractivity contribution in [3.8, 4) is 17.2 Å². The summed E-state index contributed by atoms with van der Waals surface area (Å²) in [5, 5.41) is 18.9. The van der Waals surface area contributed by atoms with Crippen LogP contribution in [0, 0.1) is 29.1 Å². The Labute approximate surface area is 230 Å². The van der Waals surface area contributed by atoms with E-state index in [-0.39, 0.29) is 16.9 Å². The maximum atomic E-state index is 12.5. The van der Waals surface area contributed by atoms with Crippen LogP contribution in [0.2, 0.25) is 0 Å². The van der Waals surface area contributed by atoms with E-state index in [1.54, 1.807) is 0 Å². The fourth-order valence-corrected chi connectivity index (χ4v) is 6.71. The average molecular weight is 549 g/mol. The van der Waals surface area contributed by atoms with Crippen LogP contribution in [-0.2, 0) is 17.6 Å². The van der Waals surface area contributed by atoms with Gasteiger partial charge in [-0.25, -0.2) is 4.98 Å². The first-order valence-corrected chi connectivity index (χ1v) is 13.6. The number of nitrogens with zero attached hydrogens (tertiary/aromatic N) is 5. The van der Waals surface area contributed by atoms with E-state index < -0.39 is 12.1 Å². The lowest BCUT2D eigenvalue weighted by molar-refractivity contribution is -0.137. The highest BCUT2D eigenvalue weighted by molar-refractivity contribution is 5.99. The Balaban J connectivity index is 1.38. The van der Waals surface area contributed by atoms with Crippen molar-refractivity contribution in [3.63, 3.8) is 0 Å². The van der Waals surface area contributed by atoms with Crippen LogP contribution in [-0.4, -0.2) is 58.3 Å². The molecule has 1 aliphatic carbocycles. The number of rotatable bonds is 3. The van der Waals surface area contributed by atoms with Crippen molar-refractivity contribution in [1.29, 1.82) is 5.26 Å². The van der Waals surface area contributed by atoms with E-state index in [1.807, 2.05) is 18.3 Å². The van der Waals surface area contributed by atoms with E-state index in [9.17, 15) is 23.2 Å². The van der Waals surface area contributed by atoms with Gasteiger partial charge in [0, 0.05) is 60.4 Å². The molecule has 3 aromatic rings. The third-order valence-corrected chi connectivity index (χ3v) is 8.77. The summed E-state index contributed by atoms with van der Waals surface area (Å²) < 4.78 is 37.6. The number of amides is 1. The number of aryl methyl sites for hydroxylation is 1. The molecule has 1 spiro atoms. The number of benzene rings is 1. The number of halogens is 3. The zero-order chi connectivity index (χ0) is 28.4. The van der Waals surface area contributed by atoms with Gasteiger partial charge in [0.1, 0.15) is 17.5 Å². The Morgan fingerprint density at radius 2 is 1.95 bits per heavy atom. The fourth-order valence-electron chi connectivity index (χ4n) is 6.71. The number of aromatic amines is 1. The minimum Gasteiger partial charge on any atom is -0.355 e. The molecule has 0 radical (unpaired) electrons. The van der Waals surface area contributed by atoms with Gasteiger partial charge in [-0.3, -0.25) is 9.89 Å². The van der Waals surface area contributed by atoms with Crippen molar-refractivity contribution in [2.75, 3.05) is 31.1 Å². The lowest BCUT2D eigenvalue weighted by atomic mass is 9.73. The number of carbonyl (C=O) groups is 1. The van der Waals surface area contributed by atoms with E-state index in [0.717, 1.165) is 64.5 Å². The highest BCUT2D eigenvalue weighted by Gasteiger charge is 2.50. The van der Waals surface area contributed by atoms with Crippen molar-refractivity contribution in [1.82, 2.24) is 20.1 Å². The smallest absolute Gasteiger partial charge is 0.355 e. The maximum absolute atomic E-state index is 12.5. The van der Waals surface area contributed by atoms with Gasteiger partial charge in [0.05, 0.1) is 11.7 Å². The zero-order valence-electron chi connectivity index (χ0n) is 22.8. The van der Waals surface area contributed by atoms with Gasteiger partial charge in [0.15, 0.2) is 0 Å². The zero-order valence-corrected chi connectivity index (χ0v) is 22.8. The summed E-state index contributed by atoms with van der Waals surface area (Å²) in [6, 6.07) is 6.55. The van der Waals surface area contributed by atoms with Gasteiger partial charge in [0.2, 0.25) is 5.91 Å². The normalized spacial score (nSPS) is 19.7. The van der Waals surface area contributed by atoms with Crippen LogP contribution >= 0.6 is 0 Å². The SMILES string of the molecule is Cc1ccc2[nH]ncc2c1-c1c(C#N)c(N2CCC3(CN(C(=O)/C=C/C(F)(F)F)C3)C2)nc2c1CCC(C)(C)C2. The number of allylic oxidation sites excluding steroid dienone is 1. The van der Waals surface area contributed by atoms with Crippen LogP contribution in [0.4, 0.5) is 19.0 Å². The van der Waals surface area contributed by atoms with E-state index in [2.05, 4.69) is 41.9 Å². The Morgan fingerprint density at radius 1 is 1.18 bits per heavy atom. The summed E-state index contributed by atoms with van der Waals surface area (Å²) in [6.45, 7) is 8.59. The summed E-state index contributed by atoms with van der Waals surface area (Å²) in [6.07, 6.45) is 1.31. The Bertz CT molecular complexity index is 1590. The van der Waals surface area contributed by atoms with E-state index in [4.69, 9.17) is 4.98 Å². The van der Waals surface area contributed by atoms with Gasteiger partial charge in [-0.2, -0.15) is 23.5 Å². The van der Waals surface area contributed by atoms with Gasteiger partial charge in [-0.15, -0.1) is 0 Å². The number of nitrogens with one attached hydrogen (secondary N) is 1. The summed E-state index contributed by atoms with van der Waals surface area (Å²) in [7, 11) is 0. The molecule has 0 atom stereocenters. The molecule has 6 rings (SSSR count). The third-order valence-electron chi connectivity index (χ3n) is 8.77. The second kappa shape index (κ2) is 9.08. The molecule has 10 heteroatoms. The fraction of sp³-hybridized carbons (Fsp3) is 0.467. The predicted octanol–water partition coefficient (Wildman–Crippen LogP) is 5.48. The molecule has 4 heterocycles. The van der Waals surface area contributed by atoms with Crippen LogP contribution in [0.3, 0.4) is 0 Å². The number of H-pyrrole nitrogens is 1. The number of likely N-dealkylation sites (tertiary alicyclic amines) is 1. The van der Waals surface area contributed by atoms with Crippen molar-refractivity contribution in [2.24, 2.45) is 10.8 Å². The first-order chi connectivity index (χ1) is 18.9. The van der Waals surface area contributed by atoms with Crippen LogP contribution in [0.15, 0.2) is 30.5 Å². The molecule has 1 amide bonds. The molecule has 1 N–H and O–H groups in total. The number of hydrogen-bond acceptors (Lipinski definition) is 5. The third kappa shape index (κ3) is 4.51. The number of pyridine rings is 1. The van der Waals surface area contributed by atoms with Crippen molar-refractivity contribution in [3.05, 3.63) is 52.9 Å². The topological polar surface area (TPSA) is 88.9 Å². The molecular weight excluding hydrogens is 517 g/mol. The first-order valence-electron chi connectivity index (χ1n) is 13.6. The molecule has 0 bridgehead atoms. The molecule has 3 aliphatic rings. The number of carbonyl (C=O) groups excluding carboxylic acids is 1. The standard InChI is InChI=1S/C30H31F3N6O/c1-18-4-5-22-21(14-35-37-22)25(18)26-19-6-8-28(2,3)12-23(19)36-27(20(26)13-34)38-11-10-29(15-38)16-39(17-29)24(40)7-9-30(31,32)33/h4-5,7,9,14H,6,8,10-12,15-17H2,1-3H3,(H,35,37)/b9-7+. The minimum absolute atomic E-state index is 0.0108. The second-order valence-electron chi connectivity index (χ2n) is 12.4. The van der Waals surface area contributed by atoms with Crippen LogP contribution < -0.4 is 4.90 Å². The summed E-state index contributed by atoms with van der Waals surface area (Å²) >= 11 is 0. The number of hydrogen-bond donors (Lipinski definition) is 1. The molecule has 7 nitrogen and oxygen atoms in total. The number of nitriles is 1. The maximum Gasteiger partial charge on any atom is 0.409 e. The van der Waals surface area contributed by atoms with Crippen LogP contribution in [0.25, 0.3) is 22.0 Å². The highest BCUT2D eigenvalue weighted by atomic mass is 19.4. The monoisotopic (exact) mass is 548 g/mol. The van der Waals surface area contributed by atoms with Gasteiger partial charge in [0.25, 0.3) is 0 Å². The lowest BCUT2D eigenvalue weighted by Crippen LogP contribution is -2.59. The average Bonchev–Trinajstić information content (AvgIpc) is 3.52. The minimum atomic E-state index is -4.51. The summed E-state index contributed by atoms with van der Waals surface area (Å²) in [4.78, 5) is 21.0. The van der Waals surface area contributed by atoms with Gasteiger partial charge >= 0.3 is 6.18 Å². The molecule has 2 aliphatic heterocycles. The van der Waals surface area contributed by atoms with Crippen LogP contribution in [0.5, 0.6) is 0 Å². The van der Waals surface area contributed by atoms with Gasteiger partial charge < -0.3 is 9.80 Å². The molecule has 1 aromatic carbocycles. The number of alkyl halides is 3. The highest BCUT2D eigenvalue weighted by Crippen LogP contribution is 2.47. The molecule has 40 heavy (non-hydrogen) atoms. The molecule has 0 unspecified atom stereocenters.